The molecule has 4 unspecified atom stereocenters. The fourth-order valence-corrected chi connectivity index (χ4v) is 2.38. The molecular weight excluding hydrogens is 368 g/mol. The van der Waals surface area contributed by atoms with E-state index in [1.54, 1.807) is 12.1 Å². The van der Waals surface area contributed by atoms with Crippen LogP contribution in [-0.4, -0.2) is 30.2 Å². The lowest BCUT2D eigenvalue weighted by Gasteiger charge is -2.21. The van der Waals surface area contributed by atoms with E-state index in [1.165, 1.54) is 12.1 Å². The molecule has 0 heterocycles. The zero-order valence-electron chi connectivity index (χ0n) is 15.5. The highest BCUT2D eigenvalue weighted by atomic mass is 19.3. The number of nitrogens with two attached hydrogens (primary N) is 2. The van der Waals surface area contributed by atoms with E-state index in [1.807, 2.05) is 0 Å². The minimum atomic E-state index is -2.79. The van der Waals surface area contributed by atoms with Crippen molar-refractivity contribution in [2.45, 2.75) is 25.8 Å². The van der Waals surface area contributed by atoms with Crippen molar-refractivity contribution in [3.63, 3.8) is 0 Å². The lowest BCUT2D eigenvalue weighted by molar-refractivity contribution is -0.122. The van der Waals surface area contributed by atoms with Crippen LogP contribution < -0.4 is 16.8 Å². The number of primary amides is 2. The molecule has 1 aromatic rings. The van der Waals surface area contributed by atoms with Crippen molar-refractivity contribution < 1.29 is 23.2 Å². The Morgan fingerprint density at radius 3 is 2.18 bits per heavy atom. The number of rotatable bonds is 6. The summed E-state index contributed by atoms with van der Waals surface area (Å²) in [6.07, 6.45) is -2.14. The van der Waals surface area contributed by atoms with Gasteiger partial charge in [-0.15, -0.1) is 13.2 Å². The smallest absolute Gasteiger partial charge is 0.251 e. The largest absolute Gasteiger partial charge is 0.369 e. The van der Waals surface area contributed by atoms with E-state index in [2.05, 4.69) is 30.3 Å². The Hall–Kier alpha value is -3.21. The maximum Gasteiger partial charge on any atom is 0.251 e. The first kappa shape index (κ1) is 22.8. The van der Waals surface area contributed by atoms with Gasteiger partial charge in [0.15, 0.2) is 0 Å². The van der Waals surface area contributed by atoms with E-state index in [0.29, 0.717) is 12.0 Å². The number of alkyl halides is 2. The van der Waals surface area contributed by atoms with Crippen LogP contribution in [0.5, 0.6) is 0 Å². The number of benzene rings is 1. The van der Waals surface area contributed by atoms with E-state index in [-0.39, 0.29) is 23.3 Å². The highest BCUT2D eigenvalue weighted by molar-refractivity contribution is 5.97. The van der Waals surface area contributed by atoms with Crippen LogP contribution in [0.2, 0.25) is 0 Å². The Labute approximate surface area is 162 Å². The molecule has 1 aliphatic carbocycles. The average molecular weight is 391 g/mol. The quantitative estimate of drug-likeness (QED) is 0.503. The van der Waals surface area contributed by atoms with Gasteiger partial charge in [-0.05, 0) is 30.7 Å². The Bertz CT molecular complexity index is 784. The molecule has 0 bridgehead atoms. The lowest BCUT2D eigenvalue weighted by atomic mass is 10.0. The summed E-state index contributed by atoms with van der Waals surface area (Å²) in [6, 6.07) is 4.62. The van der Waals surface area contributed by atoms with Gasteiger partial charge in [-0.1, -0.05) is 18.8 Å². The van der Waals surface area contributed by atoms with E-state index < -0.39 is 30.2 Å². The van der Waals surface area contributed by atoms with E-state index in [0.717, 1.165) is 6.92 Å². The number of nitrogens with one attached hydrogen (secondary N) is 1. The standard InChI is InChI=1S/C18H19F2N3O3.C2H4/c1-9(15(19)20)14(17(22)25)23-18(26)11-5-2-10(3-6-11)4-7-12-8-13(12)16(21)24;1-2/h2-3,5-6,9,12-15H,8H2,1H3,(H2,21,24)(H2,22,25)(H,23,26);1-2H2. The molecule has 6 nitrogen and oxygen atoms in total. The minimum absolute atomic E-state index is 0.0392. The minimum Gasteiger partial charge on any atom is -0.369 e. The summed E-state index contributed by atoms with van der Waals surface area (Å²) in [5, 5.41) is 2.23. The summed E-state index contributed by atoms with van der Waals surface area (Å²) in [6.45, 7) is 7.14. The van der Waals surface area contributed by atoms with Crippen LogP contribution in [-0.2, 0) is 9.59 Å². The van der Waals surface area contributed by atoms with Crippen LogP contribution in [0.1, 0.15) is 29.3 Å². The number of amides is 3. The maximum atomic E-state index is 12.8. The molecule has 0 saturated heterocycles. The molecule has 0 aromatic heterocycles. The summed E-state index contributed by atoms with van der Waals surface area (Å²) in [5.74, 6) is 2.10. The second-order valence-electron chi connectivity index (χ2n) is 6.24. The first-order valence-corrected chi connectivity index (χ1v) is 8.50. The number of hydrogen-bond donors (Lipinski definition) is 3. The fourth-order valence-electron chi connectivity index (χ4n) is 2.38. The van der Waals surface area contributed by atoms with Gasteiger partial charge in [0.05, 0.1) is 5.92 Å². The molecule has 4 atom stereocenters. The molecule has 1 aromatic carbocycles. The van der Waals surface area contributed by atoms with Crippen LogP contribution in [0.3, 0.4) is 0 Å². The van der Waals surface area contributed by atoms with Crippen molar-refractivity contribution in [3.05, 3.63) is 48.6 Å². The zero-order valence-corrected chi connectivity index (χ0v) is 15.5. The van der Waals surface area contributed by atoms with Crippen LogP contribution in [0, 0.1) is 29.6 Å². The van der Waals surface area contributed by atoms with Crippen molar-refractivity contribution in [3.8, 4) is 11.8 Å². The monoisotopic (exact) mass is 391 g/mol. The predicted molar refractivity (Wildman–Crippen MR) is 101 cm³/mol. The molecule has 5 N–H and O–H groups in total. The Balaban J connectivity index is 0.00000190. The lowest BCUT2D eigenvalue weighted by Crippen LogP contribution is -2.50. The van der Waals surface area contributed by atoms with E-state index >= 15 is 0 Å². The van der Waals surface area contributed by atoms with Gasteiger partial charge in [-0.3, -0.25) is 14.4 Å². The van der Waals surface area contributed by atoms with Crippen molar-refractivity contribution in [2.75, 3.05) is 0 Å². The summed E-state index contributed by atoms with van der Waals surface area (Å²) in [4.78, 5) is 34.4. The van der Waals surface area contributed by atoms with Gasteiger partial charge >= 0.3 is 0 Å². The van der Waals surface area contributed by atoms with Crippen LogP contribution in [0.4, 0.5) is 8.78 Å². The molecule has 1 fully saturated rings. The number of carbonyl (C=O) groups excluding carboxylic acids is 3. The molecule has 150 valence electrons. The third kappa shape index (κ3) is 6.20. The van der Waals surface area contributed by atoms with E-state index in [9.17, 15) is 23.2 Å². The highest BCUT2D eigenvalue weighted by Crippen LogP contribution is 2.37. The molecule has 1 saturated carbocycles. The Morgan fingerprint density at radius 1 is 1.18 bits per heavy atom. The van der Waals surface area contributed by atoms with Crippen molar-refractivity contribution in [1.82, 2.24) is 5.32 Å². The summed E-state index contributed by atoms with van der Waals surface area (Å²) in [5.41, 5.74) is 11.1. The van der Waals surface area contributed by atoms with Crippen LogP contribution in [0.25, 0.3) is 0 Å². The van der Waals surface area contributed by atoms with Gasteiger partial charge in [-0.25, -0.2) is 8.78 Å². The van der Waals surface area contributed by atoms with Gasteiger partial charge in [-0.2, -0.15) is 0 Å². The third-order valence-corrected chi connectivity index (χ3v) is 4.22. The molecule has 0 radical (unpaired) electrons. The molecule has 28 heavy (non-hydrogen) atoms. The zero-order chi connectivity index (χ0) is 21.4. The maximum absolute atomic E-state index is 12.8. The Morgan fingerprint density at radius 2 is 1.75 bits per heavy atom. The van der Waals surface area contributed by atoms with Crippen molar-refractivity contribution in [1.29, 1.82) is 0 Å². The molecule has 1 aliphatic rings. The van der Waals surface area contributed by atoms with Gasteiger partial charge < -0.3 is 16.8 Å². The predicted octanol–water partition coefficient (Wildman–Crippen LogP) is 1.45. The third-order valence-electron chi connectivity index (χ3n) is 4.22. The number of halogens is 2. The van der Waals surface area contributed by atoms with Crippen LogP contribution >= 0.6 is 0 Å². The Kier molecular flexibility index (Phi) is 8.32. The van der Waals surface area contributed by atoms with Gasteiger partial charge in [0.1, 0.15) is 6.04 Å². The topological polar surface area (TPSA) is 115 Å². The molecule has 0 aliphatic heterocycles. The summed E-state index contributed by atoms with van der Waals surface area (Å²) in [7, 11) is 0. The molecular formula is C20H23F2N3O3. The number of hydrogen-bond acceptors (Lipinski definition) is 3. The van der Waals surface area contributed by atoms with Gasteiger partial charge in [0.25, 0.3) is 5.91 Å². The van der Waals surface area contributed by atoms with E-state index in [4.69, 9.17) is 11.5 Å². The SMILES string of the molecule is C=C.CC(C(F)F)C(NC(=O)c1ccc(C#CC2CC2C(N)=O)cc1)C(N)=O. The molecule has 3 amide bonds. The summed E-state index contributed by atoms with van der Waals surface area (Å²) < 4.78 is 25.5. The second kappa shape index (κ2) is 10.2. The fraction of sp³-hybridized carbons (Fsp3) is 0.350. The van der Waals surface area contributed by atoms with Gasteiger partial charge in [0, 0.05) is 23.0 Å². The average Bonchev–Trinajstić information content (AvgIpc) is 3.45. The normalized spacial score (nSPS) is 19.1. The second-order valence-corrected chi connectivity index (χ2v) is 6.24. The van der Waals surface area contributed by atoms with Crippen LogP contribution in [0.15, 0.2) is 37.4 Å². The van der Waals surface area contributed by atoms with Crippen molar-refractivity contribution >= 4 is 17.7 Å². The molecule has 0 spiro atoms. The highest BCUT2D eigenvalue weighted by Gasteiger charge is 2.40. The molecule has 2 rings (SSSR count). The molecule has 8 heteroatoms. The first-order chi connectivity index (χ1) is 13.2. The first-order valence-electron chi connectivity index (χ1n) is 8.50. The number of carbonyl (C=O) groups is 3. The van der Waals surface area contributed by atoms with Gasteiger partial charge in [0.2, 0.25) is 18.2 Å². The summed E-state index contributed by atoms with van der Waals surface area (Å²) >= 11 is 0. The van der Waals surface area contributed by atoms with Crippen molar-refractivity contribution in [2.24, 2.45) is 29.2 Å².